The van der Waals surface area contributed by atoms with Crippen molar-refractivity contribution in [3.8, 4) is 16.9 Å². The van der Waals surface area contributed by atoms with Gasteiger partial charge in [-0.25, -0.2) is 0 Å². The molecule has 0 spiro atoms. The zero-order valence-corrected chi connectivity index (χ0v) is 12.1. The molecule has 0 radical (unpaired) electrons. The van der Waals surface area contributed by atoms with Gasteiger partial charge in [0.2, 0.25) is 0 Å². The molecule has 2 nitrogen and oxygen atoms in total. The summed E-state index contributed by atoms with van der Waals surface area (Å²) in [5, 5.41) is 3.22. The number of methoxy groups -OCH3 is 1. The van der Waals surface area contributed by atoms with Crippen LogP contribution in [0.3, 0.4) is 0 Å². The molecular formula is C17H21NO. The standard InChI is InChI=1S/C17H21NO/c1-12-5-6-13(2)17(9-12)16-8-7-15(19-4)10-14(16)11-18-3/h5-10,18H,11H2,1-4H3. The molecule has 0 bridgehead atoms. The van der Waals surface area contributed by atoms with Gasteiger partial charge in [-0.15, -0.1) is 0 Å². The topological polar surface area (TPSA) is 21.3 Å². The minimum absolute atomic E-state index is 0.833. The molecule has 19 heavy (non-hydrogen) atoms. The van der Waals surface area contributed by atoms with Crippen molar-refractivity contribution in [2.45, 2.75) is 20.4 Å². The second kappa shape index (κ2) is 5.89. The molecule has 0 saturated carbocycles. The molecule has 0 aromatic heterocycles. The van der Waals surface area contributed by atoms with E-state index in [1.807, 2.05) is 13.1 Å². The average Bonchev–Trinajstić information content (AvgIpc) is 2.42. The van der Waals surface area contributed by atoms with E-state index in [4.69, 9.17) is 4.74 Å². The summed E-state index contributed by atoms with van der Waals surface area (Å²) < 4.78 is 5.32. The number of nitrogens with one attached hydrogen (secondary N) is 1. The second-order valence-electron chi connectivity index (χ2n) is 4.87. The quantitative estimate of drug-likeness (QED) is 0.899. The van der Waals surface area contributed by atoms with Crippen molar-refractivity contribution >= 4 is 0 Å². The van der Waals surface area contributed by atoms with Crippen LogP contribution in [0.4, 0.5) is 0 Å². The van der Waals surface area contributed by atoms with E-state index >= 15 is 0 Å². The third-order valence-electron chi connectivity index (χ3n) is 3.36. The highest BCUT2D eigenvalue weighted by Gasteiger charge is 2.09. The molecular weight excluding hydrogens is 234 g/mol. The van der Waals surface area contributed by atoms with Crippen molar-refractivity contribution in [3.05, 3.63) is 53.1 Å². The van der Waals surface area contributed by atoms with E-state index in [0.29, 0.717) is 0 Å². The summed E-state index contributed by atoms with van der Waals surface area (Å²) in [7, 11) is 3.67. The Hall–Kier alpha value is -1.80. The monoisotopic (exact) mass is 255 g/mol. The second-order valence-corrected chi connectivity index (χ2v) is 4.87. The molecule has 100 valence electrons. The molecule has 0 aliphatic carbocycles. The molecule has 0 atom stereocenters. The van der Waals surface area contributed by atoms with E-state index in [-0.39, 0.29) is 0 Å². The van der Waals surface area contributed by atoms with Gasteiger partial charge in [-0.2, -0.15) is 0 Å². The average molecular weight is 255 g/mol. The molecule has 1 N–H and O–H groups in total. The number of hydrogen-bond donors (Lipinski definition) is 1. The molecule has 0 heterocycles. The van der Waals surface area contributed by atoms with E-state index in [9.17, 15) is 0 Å². The first-order valence-corrected chi connectivity index (χ1v) is 6.55. The molecule has 0 saturated heterocycles. The van der Waals surface area contributed by atoms with Crippen molar-refractivity contribution < 1.29 is 4.74 Å². The highest BCUT2D eigenvalue weighted by Crippen LogP contribution is 2.30. The lowest BCUT2D eigenvalue weighted by molar-refractivity contribution is 0.414. The minimum Gasteiger partial charge on any atom is -0.497 e. The summed E-state index contributed by atoms with van der Waals surface area (Å²) >= 11 is 0. The maximum absolute atomic E-state index is 5.32. The first-order valence-electron chi connectivity index (χ1n) is 6.55. The highest BCUT2D eigenvalue weighted by molar-refractivity contribution is 5.72. The first-order chi connectivity index (χ1) is 9.15. The Morgan fingerprint density at radius 2 is 1.79 bits per heavy atom. The summed E-state index contributed by atoms with van der Waals surface area (Å²) in [5.74, 6) is 0.902. The Kier molecular flexibility index (Phi) is 4.23. The Labute approximate surface area is 115 Å². The van der Waals surface area contributed by atoms with Crippen LogP contribution in [0.5, 0.6) is 5.75 Å². The van der Waals surface area contributed by atoms with E-state index in [2.05, 4.69) is 49.5 Å². The lowest BCUT2D eigenvalue weighted by Crippen LogP contribution is -2.07. The Morgan fingerprint density at radius 1 is 1.00 bits per heavy atom. The predicted octanol–water partition coefficient (Wildman–Crippen LogP) is 3.70. The molecule has 2 heteroatoms. The fourth-order valence-electron chi connectivity index (χ4n) is 2.32. The lowest BCUT2D eigenvalue weighted by atomic mass is 9.94. The Bertz CT molecular complexity index is 575. The maximum Gasteiger partial charge on any atom is 0.119 e. The van der Waals surface area contributed by atoms with Gasteiger partial charge in [0.05, 0.1) is 7.11 Å². The van der Waals surface area contributed by atoms with Gasteiger partial charge in [0.1, 0.15) is 5.75 Å². The fraction of sp³-hybridized carbons (Fsp3) is 0.294. The molecule has 0 unspecified atom stereocenters. The van der Waals surface area contributed by atoms with Crippen LogP contribution in [0.2, 0.25) is 0 Å². The molecule has 0 fully saturated rings. The van der Waals surface area contributed by atoms with Crippen LogP contribution in [0.25, 0.3) is 11.1 Å². The molecule has 2 aromatic carbocycles. The van der Waals surface area contributed by atoms with Gasteiger partial charge in [-0.3, -0.25) is 0 Å². The van der Waals surface area contributed by atoms with Gasteiger partial charge in [0.15, 0.2) is 0 Å². The van der Waals surface area contributed by atoms with Crippen LogP contribution in [0.1, 0.15) is 16.7 Å². The first kappa shape index (κ1) is 13.6. The lowest BCUT2D eigenvalue weighted by Gasteiger charge is -2.14. The third-order valence-corrected chi connectivity index (χ3v) is 3.36. The summed E-state index contributed by atoms with van der Waals surface area (Å²) in [5.41, 5.74) is 6.42. The molecule has 0 aliphatic rings. The SMILES string of the molecule is CNCc1cc(OC)ccc1-c1cc(C)ccc1C. The largest absolute Gasteiger partial charge is 0.497 e. The van der Waals surface area contributed by atoms with Crippen LogP contribution in [0, 0.1) is 13.8 Å². The van der Waals surface area contributed by atoms with Crippen molar-refractivity contribution in [2.75, 3.05) is 14.2 Å². The number of rotatable bonds is 4. The van der Waals surface area contributed by atoms with Crippen molar-refractivity contribution in [1.29, 1.82) is 0 Å². The van der Waals surface area contributed by atoms with E-state index in [1.165, 1.54) is 27.8 Å². The number of hydrogen-bond acceptors (Lipinski definition) is 2. The zero-order chi connectivity index (χ0) is 13.8. The van der Waals surface area contributed by atoms with Gasteiger partial charge < -0.3 is 10.1 Å². The highest BCUT2D eigenvalue weighted by atomic mass is 16.5. The Balaban J connectivity index is 2.57. The smallest absolute Gasteiger partial charge is 0.119 e. The van der Waals surface area contributed by atoms with Gasteiger partial charge in [-0.05, 0) is 55.3 Å². The summed E-state index contributed by atoms with van der Waals surface area (Å²) in [6, 6.07) is 12.9. The van der Waals surface area contributed by atoms with Gasteiger partial charge in [0.25, 0.3) is 0 Å². The summed E-state index contributed by atoms with van der Waals surface area (Å²) in [4.78, 5) is 0. The van der Waals surface area contributed by atoms with Crippen molar-refractivity contribution in [2.24, 2.45) is 0 Å². The van der Waals surface area contributed by atoms with Crippen LogP contribution in [-0.2, 0) is 6.54 Å². The molecule has 2 rings (SSSR count). The van der Waals surface area contributed by atoms with E-state index in [1.54, 1.807) is 7.11 Å². The fourth-order valence-corrected chi connectivity index (χ4v) is 2.32. The van der Waals surface area contributed by atoms with E-state index < -0.39 is 0 Å². The van der Waals surface area contributed by atoms with Gasteiger partial charge >= 0.3 is 0 Å². The number of ether oxygens (including phenoxy) is 1. The van der Waals surface area contributed by atoms with Crippen LogP contribution in [-0.4, -0.2) is 14.2 Å². The molecule has 0 aliphatic heterocycles. The third kappa shape index (κ3) is 2.96. The van der Waals surface area contributed by atoms with Crippen molar-refractivity contribution in [3.63, 3.8) is 0 Å². The molecule has 2 aromatic rings. The van der Waals surface area contributed by atoms with E-state index in [0.717, 1.165) is 12.3 Å². The molecule has 0 amide bonds. The number of aryl methyl sites for hydroxylation is 2. The minimum atomic E-state index is 0.833. The summed E-state index contributed by atoms with van der Waals surface area (Å²) in [6.45, 7) is 5.12. The normalized spacial score (nSPS) is 10.5. The zero-order valence-electron chi connectivity index (χ0n) is 12.1. The van der Waals surface area contributed by atoms with Crippen molar-refractivity contribution in [1.82, 2.24) is 5.32 Å². The van der Waals surface area contributed by atoms with Gasteiger partial charge in [0, 0.05) is 6.54 Å². The number of benzene rings is 2. The van der Waals surface area contributed by atoms with Gasteiger partial charge in [-0.1, -0.05) is 29.8 Å². The van der Waals surface area contributed by atoms with Crippen LogP contribution in [0.15, 0.2) is 36.4 Å². The summed E-state index contributed by atoms with van der Waals surface area (Å²) in [6.07, 6.45) is 0. The Morgan fingerprint density at radius 3 is 2.47 bits per heavy atom. The van der Waals surface area contributed by atoms with Crippen LogP contribution >= 0.6 is 0 Å². The maximum atomic E-state index is 5.32. The predicted molar refractivity (Wildman–Crippen MR) is 80.7 cm³/mol. The van der Waals surface area contributed by atoms with Crippen LogP contribution < -0.4 is 10.1 Å².